The quantitative estimate of drug-likeness (QED) is 0.833. The average Bonchev–Trinajstić information content (AvgIpc) is 3.32. The Morgan fingerprint density at radius 3 is 2.46 bits per heavy atom. The van der Waals surface area contributed by atoms with Crippen LogP contribution < -0.4 is 10.6 Å². The van der Waals surface area contributed by atoms with Gasteiger partial charge in [0.1, 0.15) is 5.82 Å². The lowest BCUT2D eigenvalue weighted by atomic mass is 10.1. The Morgan fingerprint density at radius 2 is 1.83 bits per heavy atom. The topological polar surface area (TPSA) is 56.3 Å². The van der Waals surface area contributed by atoms with E-state index in [4.69, 9.17) is 4.98 Å². The van der Waals surface area contributed by atoms with Crippen molar-refractivity contribution in [3.05, 3.63) is 11.8 Å². The Bertz CT molecular complexity index is 541. The lowest BCUT2D eigenvalue weighted by Gasteiger charge is -2.32. The van der Waals surface area contributed by atoms with E-state index in [9.17, 15) is 0 Å². The molecule has 0 bridgehead atoms. The maximum atomic E-state index is 4.71. The number of nitrogens with zero attached hydrogens (tertiary/aromatic N) is 4. The van der Waals surface area contributed by atoms with E-state index >= 15 is 0 Å². The van der Waals surface area contributed by atoms with Crippen LogP contribution in [-0.2, 0) is 0 Å². The van der Waals surface area contributed by atoms with Crippen molar-refractivity contribution < 1.29 is 0 Å². The minimum absolute atomic E-state index is 0.0285. The van der Waals surface area contributed by atoms with Crippen molar-refractivity contribution in [1.29, 1.82) is 0 Å². The first-order chi connectivity index (χ1) is 11.4. The summed E-state index contributed by atoms with van der Waals surface area (Å²) in [6.45, 7) is 13.1. The molecule has 6 nitrogen and oxygen atoms in total. The summed E-state index contributed by atoms with van der Waals surface area (Å²) < 4.78 is 0. The van der Waals surface area contributed by atoms with Crippen molar-refractivity contribution in [1.82, 2.24) is 19.8 Å². The van der Waals surface area contributed by atoms with Crippen LogP contribution in [0.2, 0.25) is 0 Å². The SMILES string of the molecule is CN1CCN(CCNc2cc(C3CC3)nc(NC(C)(C)C)n2)CC1. The molecule has 0 amide bonds. The summed E-state index contributed by atoms with van der Waals surface area (Å²) in [6.07, 6.45) is 2.51. The summed E-state index contributed by atoms with van der Waals surface area (Å²) in [6, 6.07) is 2.13. The van der Waals surface area contributed by atoms with E-state index < -0.39 is 0 Å². The molecular weight excluding hydrogens is 300 g/mol. The summed E-state index contributed by atoms with van der Waals surface area (Å²) in [4.78, 5) is 14.3. The molecule has 0 atom stereocenters. The maximum absolute atomic E-state index is 4.71. The number of rotatable bonds is 6. The number of likely N-dealkylation sites (N-methyl/N-ethyl adjacent to an activating group) is 1. The van der Waals surface area contributed by atoms with Gasteiger partial charge in [0.25, 0.3) is 0 Å². The Balaban J connectivity index is 1.57. The molecule has 1 aliphatic carbocycles. The van der Waals surface area contributed by atoms with E-state index in [0.29, 0.717) is 5.92 Å². The predicted molar refractivity (Wildman–Crippen MR) is 99.8 cm³/mol. The molecule has 2 aliphatic rings. The molecule has 3 rings (SSSR count). The van der Waals surface area contributed by atoms with Crippen LogP contribution in [0.15, 0.2) is 6.07 Å². The molecule has 2 fully saturated rings. The molecule has 1 saturated carbocycles. The largest absolute Gasteiger partial charge is 0.369 e. The maximum Gasteiger partial charge on any atom is 0.225 e. The number of hydrogen-bond acceptors (Lipinski definition) is 6. The van der Waals surface area contributed by atoms with Crippen molar-refractivity contribution in [3.63, 3.8) is 0 Å². The molecule has 1 aliphatic heterocycles. The third-order valence-corrected chi connectivity index (χ3v) is 4.56. The van der Waals surface area contributed by atoms with Gasteiger partial charge < -0.3 is 15.5 Å². The van der Waals surface area contributed by atoms with Gasteiger partial charge in [0.2, 0.25) is 5.95 Å². The van der Waals surface area contributed by atoms with Gasteiger partial charge in [0.05, 0.1) is 5.69 Å². The van der Waals surface area contributed by atoms with Crippen LogP contribution in [0.4, 0.5) is 11.8 Å². The molecule has 1 aromatic rings. The van der Waals surface area contributed by atoms with Gasteiger partial charge in [-0.05, 0) is 40.7 Å². The molecule has 24 heavy (non-hydrogen) atoms. The molecule has 0 unspecified atom stereocenters. The van der Waals surface area contributed by atoms with E-state index in [1.807, 2.05) is 0 Å². The van der Waals surface area contributed by atoms with Crippen LogP contribution in [0, 0.1) is 0 Å². The Labute approximate surface area is 146 Å². The first kappa shape index (κ1) is 17.4. The van der Waals surface area contributed by atoms with Gasteiger partial charge in [-0.1, -0.05) is 0 Å². The van der Waals surface area contributed by atoms with E-state index in [1.54, 1.807) is 0 Å². The zero-order valence-electron chi connectivity index (χ0n) is 15.6. The highest BCUT2D eigenvalue weighted by atomic mass is 15.3. The van der Waals surface area contributed by atoms with Crippen molar-refractivity contribution in [2.45, 2.75) is 45.1 Å². The Kier molecular flexibility index (Phi) is 5.25. The summed E-state index contributed by atoms with van der Waals surface area (Å²) in [7, 11) is 2.19. The number of hydrogen-bond donors (Lipinski definition) is 2. The third-order valence-electron chi connectivity index (χ3n) is 4.56. The zero-order valence-corrected chi connectivity index (χ0v) is 15.6. The van der Waals surface area contributed by atoms with Crippen molar-refractivity contribution in [3.8, 4) is 0 Å². The van der Waals surface area contributed by atoms with Gasteiger partial charge in [-0.25, -0.2) is 4.98 Å². The second-order valence-corrected chi connectivity index (χ2v) is 8.22. The first-order valence-corrected chi connectivity index (χ1v) is 9.21. The second-order valence-electron chi connectivity index (χ2n) is 8.22. The highest BCUT2D eigenvalue weighted by Crippen LogP contribution is 2.40. The van der Waals surface area contributed by atoms with E-state index in [0.717, 1.165) is 37.9 Å². The van der Waals surface area contributed by atoms with Crippen LogP contribution in [0.25, 0.3) is 0 Å². The molecule has 1 saturated heterocycles. The van der Waals surface area contributed by atoms with E-state index in [2.05, 4.69) is 59.3 Å². The summed E-state index contributed by atoms with van der Waals surface area (Å²) >= 11 is 0. The molecule has 6 heteroatoms. The molecule has 134 valence electrons. The Morgan fingerprint density at radius 1 is 1.12 bits per heavy atom. The lowest BCUT2D eigenvalue weighted by molar-refractivity contribution is 0.158. The molecule has 0 aromatic carbocycles. The van der Waals surface area contributed by atoms with Crippen LogP contribution in [-0.4, -0.2) is 71.6 Å². The molecule has 0 spiro atoms. The minimum atomic E-state index is -0.0285. The highest BCUT2D eigenvalue weighted by molar-refractivity contribution is 5.44. The summed E-state index contributed by atoms with van der Waals surface area (Å²) in [5, 5.41) is 6.92. The van der Waals surface area contributed by atoms with Crippen molar-refractivity contribution in [2.24, 2.45) is 0 Å². The van der Waals surface area contributed by atoms with Crippen molar-refractivity contribution >= 4 is 11.8 Å². The average molecular weight is 332 g/mol. The smallest absolute Gasteiger partial charge is 0.225 e. The fourth-order valence-corrected chi connectivity index (χ4v) is 2.95. The van der Waals surface area contributed by atoms with Gasteiger partial charge >= 0.3 is 0 Å². The predicted octanol–water partition coefficient (Wildman–Crippen LogP) is 2.22. The number of aromatic nitrogens is 2. The first-order valence-electron chi connectivity index (χ1n) is 9.21. The fraction of sp³-hybridized carbons (Fsp3) is 0.778. The van der Waals surface area contributed by atoms with Crippen LogP contribution in [0.1, 0.15) is 45.2 Å². The lowest BCUT2D eigenvalue weighted by Crippen LogP contribution is -2.45. The Hall–Kier alpha value is -1.40. The number of nitrogens with one attached hydrogen (secondary N) is 2. The number of piperazine rings is 1. The minimum Gasteiger partial charge on any atom is -0.369 e. The normalized spacial score (nSPS) is 20.2. The van der Waals surface area contributed by atoms with Gasteiger partial charge in [0.15, 0.2) is 0 Å². The molecule has 2 heterocycles. The standard InChI is InChI=1S/C18H32N6/c1-18(2,3)22-17-20-15(14-5-6-14)13-16(21-17)19-7-8-24-11-9-23(4)10-12-24/h13-14H,5-12H2,1-4H3,(H2,19,20,21,22). The van der Waals surface area contributed by atoms with Crippen molar-refractivity contribution in [2.75, 3.05) is 56.9 Å². The van der Waals surface area contributed by atoms with Gasteiger partial charge in [0, 0.05) is 56.8 Å². The van der Waals surface area contributed by atoms with Crippen LogP contribution in [0.3, 0.4) is 0 Å². The molecule has 1 aromatic heterocycles. The third kappa shape index (κ3) is 5.31. The number of anilines is 2. The van der Waals surface area contributed by atoms with E-state index in [1.165, 1.54) is 31.6 Å². The molecule has 2 N–H and O–H groups in total. The highest BCUT2D eigenvalue weighted by Gasteiger charge is 2.26. The fourth-order valence-electron chi connectivity index (χ4n) is 2.95. The van der Waals surface area contributed by atoms with Crippen LogP contribution in [0.5, 0.6) is 0 Å². The zero-order chi connectivity index (χ0) is 17.2. The van der Waals surface area contributed by atoms with Gasteiger partial charge in [-0.3, -0.25) is 4.90 Å². The molecular formula is C18H32N6. The monoisotopic (exact) mass is 332 g/mol. The van der Waals surface area contributed by atoms with Gasteiger partial charge in [-0.2, -0.15) is 4.98 Å². The summed E-state index contributed by atoms with van der Waals surface area (Å²) in [5.41, 5.74) is 1.15. The molecule has 0 radical (unpaired) electrons. The summed E-state index contributed by atoms with van der Waals surface area (Å²) in [5.74, 6) is 2.33. The van der Waals surface area contributed by atoms with E-state index in [-0.39, 0.29) is 5.54 Å². The second kappa shape index (κ2) is 7.23. The van der Waals surface area contributed by atoms with Gasteiger partial charge in [-0.15, -0.1) is 0 Å². The van der Waals surface area contributed by atoms with Crippen LogP contribution >= 0.6 is 0 Å².